The maximum absolute atomic E-state index is 13.2. The average Bonchev–Trinajstić information content (AvgIpc) is 2.84. The summed E-state index contributed by atoms with van der Waals surface area (Å²) in [6.45, 7) is 17.4. The molecule has 1 saturated heterocycles. The summed E-state index contributed by atoms with van der Waals surface area (Å²) in [5.74, 6) is 0.951. The highest BCUT2D eigenvalue weighted by Gasteiger charge is 2.46. The summed E-state index contributed by atoms with van der Waals surface area (Å²) in [4.78, 5) is 26.3. The molecule has 1 unspecified atom stereocenters. The Labute approximate surface area is 233 Å². The molecule has 0 aromatic heterocycles. The average molecular weight is 547 g/mol. The molecule has 1 heterocycles. The lowest BCUT2D eigenvalue weighted by Crippen LogP contribution is -2.50. The van der Waals surface area contributed by atoms with Crippen LogP contribution in [0.1, 0.15) is 99.3 Å². The summed E-state index contributed by atoms with van der Waals surface area (Å²) in [5.41, 5.74) is 1.29. The van der Waals surface area contributed by atoms with E-state index >= 15 is 0 Å². The molecule has 38 heavy (non-hydrogen) atoms. The summed E-state index contributed by atoms with van der Waals surface area (Å²) in [6, 6.07) is 0. The summed E-state index contributed by atoms with van der Waals surface area (Å²) in [5, 5.41) is 0. The van der Waals surface area contributed by atoms with Crippen LogP contribution in [0.2, 0.25) is 13.1 Å². The minimum atomic E-state index is -1.37. The van der Waals surface area contributed by atoms with E-state index in [1.807, 2.05) is 0 Å². The van der Waals surface area contributed by atoms with Gasteiger partial charge in [-0.05, 0) is 80.9 Å². The third kappa shape index (κ3) is 7.84. The van der Waals surface area contributed by atoms with Crippen molar-refractivity contribution in [3.63, 3.8) is 0 Å². The van der Waals surface area contributed by atoms with Crippen LogP contribution in [-0.4, -0.2) is 39.3 Å². The van der Waals surface area contributed by atoms with E-state index in [9.17, 15) is 9.59 Å². The van der Waals surface area contributed by atoms with Crippen molar-refractivity contribution in [2.45, 2.75) is 131 Å². The minimum Gasteiger partial charge on any atom is -0.461 e. The smallest absolute Gasteiger partial charge is 0.334 e. The number of hydrogen-bond donors (Lipinski definition) is 0. The first-order chi connectivity index (χ1) is 18.0. The minimum absolute atomic E-state index is 0.00474. The zero-order chi connectivity index (χ0) is 28.0. The Bertz CT molecular complexity index is 850. The van der Waals surface area contributed by atoms with Crippen molar-refractivity contribution >= 4 is 21.0 Å². The van der Waals surface area contributed by atoms with Crippen LogP contribution in [0.3, 0.4) is 0 Å². The Kier molecular flexibility index (Phi) is 11.3. The topological polar surface area (TPSA) is 61.8 Å². The molecular weight excluding hydrogens is 492 g/mol. The molecule has 0 amide bonds. The van der Waals surface area contributed by atoms with Crippen molar-refractivity contribution in [1.82, 2.24) is 0 Å². The van der Waals surface area contributed by atoms with Gasteiger partial charge in [0.15, 0.2) is 9.04 Å². The van der Waals surface area contributed by atoms with Crippen LogP contribution in [-0.2, 0) is 23.5 Å². The summed E-state index contributed by atoms with van der Waals surface area (Å²) in [7, 11) is -1.37. The summed E-state index contributed by atoms with van der Waals surface area (Å²) >= 11 is 0. The molecule has 0 N–H and O–H groups in total. The van der Waals surface area contributed by atoms with Gasteiger partial charge in [0.2, 0.25) is 0 Å². The number of ether oxygens (including phenoxy) is 2. The Balaban J connectivity index is 1.72. The molecule has 0 radical (unpaired) electrons. The Hall–Kier alpha value is -1.40. The number of rotatable bonds is 11. The van der Waals surface area contributed by atoms with Crippen LogP contribution in [0.25, 0.3) is 0 Å². The fourth-order valence-corrected chi connectivity index (χ4v) is 7.82. The van der Waals surface area contributed by atoms with Gasteiger partial charge >= 0.3 is 11.9 Å². The SMILES string of the molecule is CCCC(CCC)C(=O)O[C@H]1CCC=C2C=C[C@H](C)[C@H](CC[C@@H]3C[C@H](C(C)(C)C)C(O[SiH](C)C)C(=O)O3)[C@H]21. The van der Waals surface area contributed by atoms with Crippen LogP contribution in [0.5, 0.6) is 0 Å². The first kappa shape index (κ1) is 31.1. The first-order valence-corrected chi connectivity index (χ1v) is 18.2. The van der Waals surface area contributed by atoms with E-state index in [2.05, 4.69) is 72.9 Å². The molecule has 2 aliphatic carbocycles. The van der Waals surface area contributed by atoms with E-state index in [1.54, 1.807) is 0 Å². The van der Waals surface area contributed by atoms with E-state index in [0.29, 0.717) is 11.8 Å². The quantitative estimate of drug-likeness (QED) is 0.200. The monoisotopic (exact) mass is 546 g/mol. The number of esters is 2. The molecule has 0 spiro atoms. The van der Waals surface area contributed by atoms with Crippen molar-refractivity contribution in [2.75, 3.05) is 0 Å². The highest BCUT2D eigenvalue weighted by Crippen LogP contribution is 2.45. The van der Waals surface area contributed by atoms with Crippen molar-refractivity contribution in [1.29, 1.82) is 0 Å². The lowest BCUT2D eigenvalue weighted by Gasteiger charge is -2.44. The van der Waals surface area contributed by atoms with Gasteiger partial charge in [0, 0.05) is 11.8 Å². The second-order valence-corrected chi connectivity index (χ2v) is 15.8. The van der Waals surface area contributed by atoms with Gasteiger partial charge in [0.1, 0.15) is 18.3 Å². The largest absolute Gasteiger partial charge is 0.461 e. The van der Waals surface area contributed by atoms with Gasteiger partial charge in [0.05, 0.1) is 5.92 Å². The maximum Gasteiger partial charge on any atom is 0.334 e. The molecule has 6 heteroatoms. The van der Waals surface area contributed by atoms with Crippen LogP contribution in [0.4, 0.5) is 0 Å². The predicted molar refractivity (Wildman–Crippen MR) is 156 cm³/mol. The number of carbonyl (C=O) groups is 2. The molecule has 1 aliphatic heterocycles. The van der Waals surface area contributed by atoms with Gasteiger partial charge in [-0.25, -0.2) is 4.79 Å². The van der Waals surface area contributed by atoms with E-state index in [0.717, 1.165) is 57.8 Å². The Morgan fingerprint density at radius 1 is 1.16 bits per heavy atom. The zero-order valence-corrected chi connectivity index (χ0v) is 26.5. The lowest BCUT2D eigenvalue weighted by molar-refractivity contribution is -0.177. The van der Waals surface area contributed by atoms with Crippen LogP contribution in [0.15, 0.2) is 23.8 Å². The first-order valence-electron chi connectivity index (χ1n) is 15.4. The molecule has 0 aromatic carbocycles. The summed E-state index contributed by atoms with van der Waals surface area (Å²) in [6.07, 6.45) is 14.6. The number of fused-ring (bicyclic) bond motifs is 1. The molecule has 1 fully saturated rings. The highest BCUT2D eigenvalue weighted by molar-refractivity contribution is 6.48. The van der Waals surface area contributed by atoms with Crippen molar-refractivity contribution in [2.24, 2.45) is 35.0 Å². The highest BCUT2D eigenvalue weighted by atomic mass is 28.3. The van der Waals surface area contributed by atoms with E-state index in [-0.39, 0.29) is 47.3 Å². The number of allylic oxidation sites excluding steroid dienone is 3. The standard InChI is InChI=1S/C32H54O5Si/c1-9-12-23(13-10-2)30(33)36-27-15-11-14-22-17-16-21(3)25(28(22)27)19-18-24-20-26(32(4,5)6)29(31(34)35-24)37-38(7)8/h14,16-17,21,23-29,38H,9-13,15,18-20H2,1-8H3/t21-,24+,25-,26-,27-,28-,29?/m0/s1. The molecule has 7 atom stereocenters. The normalized spacial score (nSPS) is 31.7. The molecule has 0 bridgehead atoms. The Morgan fingerprint density at radius 2 is 1.84 bits per heavy atom. The van der Waals surface area contributed by atoms with E-state index in [4.69, 9.17) is 13.9 Å². The van der Waals surface area contributed by atoms with Gasteiger partial charge in [0.25, 0.3) is 0 Å². The molecule has 0 aromatic rings. The second-order valence-electron chi connectivity index (χ2n) is 13.4. The Morgan fingerprint density at radius 3 is 2.45 bits per heavy atom. The molecule has 216 valence electrons. The fourth-order valence-electron chi connectivity index (χ4n) is 6.93. The third-order valence-electron chi connectivity index (χ3n) is 8.97. The lowest BCUT2D eigenvalue weighted by atomic mass is 9.66. The molecule has 3 aliphatic rings. The van der Waals surface area contributed by atoms with E-state index < -0.39 is 15.1 Å². The van der Waals surface area contributed by atoms with Crippen molar-refractivity contribution < 1.29 is 23.5 Å². The number of cyclic esters (lactones) is 1. The van der Waals surface area contributed by atoms with Gasteiger partial charge in [-0.1, -0.05) is 72.6 Å². The van der Waals surface area contributed by atoms with Gasteiger partial charge in [-0.15, -0.1) is 0 Å². The van der Waals surface area contributed by atoms with Crippen molar-refractivity contribution in [3.8, 4) is 0 Å². The van der Waals surface area contributed by atoms with E-state index in [1.165, 1.54) is 5.57 Å². The van der Waals surface area contributed by atoms with Gasteiger partial charge in [-0.3, -0.25) is 4.79 Å². The van der Waals surface area contributed by atoms with Crippen LogP contribution >= 0.6 is 0 Å². The second kappa shape index (κ2) is 13.8. The van der Waals surface area contributed by atoms with Gasteiger partial charge < -0.3 is 13.9 Å². The molecule has 3 rings (SSSR count). The summed E-state index contributed by atoms with van der Waals surface area (Å²) < 4.78 is 18.5. The van der Waals surface area contributed by atoms with Crippen LogP contribution < -0.4 is 0 Å². The molecular formula is C32H54O5Si. The zero-order valence-electron chi connectivity index (χ0n) is 25.3. The van der Waals surface area contributed by atoms with Crippen molar-refractivity contribution in [3.05, 3.63) is 23.8 Å². The van der Waals surface area contributed by atoms with Gasteiger partial charge in [-0.2, -0.15) is 0 Å². The third-order valence-corrected chi connectivity index (χ3v) is 9.81. The fraction of sp³-hybridized carbons (Fsp3) is 0.812. The number of carbonyl (C=O) groups excluding carboxylic acids is 2. The predicted octanol–water partition coefficient (Wildman–Crippen LogP) is 7.40. The molecule has 0 saturated carbocycles. The molecule has 5 nitrogen and oxygen atoms in total. The number of hydrogen-bond acceptors (Lipinski definition) is 5. The van der Waals surface area contributed by atoms with Crippen LogP contribution in [0, 0.1) is 35.0 Å². The maximum atomic E-state index is 13.2.